The highest BCUT2D eigenvalue weighted by atomic mass is 16.5. The number of likely N-dealkylation sites (N-methyl/N-ethyl adjacent to an activating group) is 1. The number of nitrogens with zero attached hydrogens (tertiary/aromatic N) is 3. The molecule has 1 aromatic carbocycles. The fraction of sp³-hybridized carbons (Fsp3) is 0.571. The monoisotopic (exact) mass is 481 g/mol. The molecule has 1 amide bonds. The summed E-state index contributed by atoms with van der Waals surface area (Å²) >= 11 is 0. The van der Waals surface area contributed by atoms with Gasteiger partial charge in [0.05, 0.1) is 12.6 Å². The minimum Gasteiger partial charge on any atom is -0.472 e. The van der Waals surface area contributed by atoms with E-state index in [0.29, 0.717) is 23.9 Å². The van der Waals surface area contributed by atoms with E-state index >= 15 is 0 Å². The molecule has 0 unspecified atom stereocenters. The maximum Gasteiger partial charge on any atom is 0.259 e. The Morgan fingerprint density at radius 2 is 1.94 bits per heavy atom. The van der Waals surface area contributed by atoms with Gasteiger partial charge in [0.15, 0.2) is 0 Å². The SMILES string of the molecule is Cc1ccccc1-c1cnc2c(c1)C(=O)N([C@H](C)CO)C[C@H](C)[C@H](CN(C)CC1CCOCC1)O2. The molecule has 3 atom stereocenters. The number of aliphatic hydroxyl groups is 1. The van der Waals surface area contributed by atoms with Gasteiger partial charge in [0, 0.05) is 50.5 Å². The quantitative estimate of drug-likeness (QED) is 0.651. The lowest BCUT2D eigenvalue weighted by Gasteiger charge is -2.38. The van der Waals surface area contributed by atoms with Crippen molar-refractivity contribution >= 4 is 5.91 Å². The van der Waals surface area contributed by atoms with Crippen molar-refractivity contribution < 1.29 is 19.4 Å². The van der Waals surface area contributed by atoms with Crippen LogP contribution >= 0.6 is 0 Å². The van der Waals surface area contributed by atoms with Crippen LogP contribution in [-0.2, 0) is 4.74 Å². The van der Waals surface area contributed by atoms with E-state index in [1.54, 1.807) is 11.1 Å². The van der Waals surface area contributed by atoms with E-state index in [4.69, 9.17) is 9.47 Å². The molecule has 0 bridgehead atoms. The number of aliphatic hydroxyl groups excluding tert-OH is 1. The van der Waals surface area contributed by atoms with E-state index in [-0.39, 0.29) is 30.6 Å². The van der Waals surface area contributed by atoms with Gasteiger partial charge in [0.2, 0.25) is 5.88 Å². The first-order valence-electron chi connectivity index (χ1n) is 12.8. The molecule has 7 heteroatoms. The van der Waals surface area contributed by atoms with E-state index in [1.807, 2.05) is 31.2 Å². The van der Waals surface area contributed by atoms with Crippen molar-refractivity contribution in [1.29, 1.82) is 0 Å². The fourth-order valence-corrected chi connectivity index (χ4v) is 5.12. The van der Waals surface area contributed by atoms with E-state index in [2.05, 4.69) is 36.8 Å². The molecule has 35 heavy (non-hydrogen) atoms. The summed E-state index contributed by atoms with van der Waals surface area (Å²) in [4.78, 5) is 22.4. The normalized spacial score (nSPS) is 22.3. The molecule has 1 saturated heterocycles. The van der Waals surface area contributed by atoms with Crippen LogP contribution in [0.5, 0.6) is 5.88 Å². The average molecular weight is 482 g/mol. The number of pyridine rings is 1. The Hall–Kier alpha value is -2.48. The Labute approximate surface area is 209 Å². The van der Waals surface area contributed by atoms with Crippen molar-refractivity contribution in [2.45, 2.75) is 45.8 Å². The maximum absolute atomic E-state index is 13.7. The Balaban J connectivity index is 1.63. The zero-order valence-corrected chi connectivity index (χ0v) is 21.4. The first-order chi connectivity index (χ1) is 16.9. The summed E-state index contributed by atoms with van der Waals surface area (Å²) in [5.41, 5.74) is 3.50. The van der Waals surface area contributed by atoms with Gasteiger partial charge in [0.1, 0.15) is 11.7 Å². The number of rotatable bonds is 7. The molecule has 0 aliphatic carbocycles. The smallest absolute Gasteiger partial charge is 0.259 e. The highest BCUT2D eigenvalue weighted by molar-refractivity contribution is 5.98. The molecule has 3 heterocycles. The Morgan fingerprint density at radius 1 is 1.20 bits per heavy atom. The third-order valence-electron chi connectivity index (χ3n) is 7.38. The van der Waals surface area contributed by atoms with E-state index < -0.39 is 0 Å². The number of benzene rings is 1. The summed E-state index contributed by atoms with van der Waals surface area (Å²) in [6.45, 7) is 9.90. The summed E-state index contributed by atoms with van der Waals surface area (Å²) in [7, 11) is 2.14. The van der Waals surface area contributed by atoms with Crippen LogP contribution in [-0.4, -0.2) is 84.4 Å². The summed E-state index contributed by atoms with van der Waals surface area (Å²) in [5.74, 6) is 0.937. The third kappa shape index (κ3) is 6.02. The molecule has 2 aliphatic heterocycles. The van der Waals surface area contributed by atoms with Crippen LogP contribution in [0.25, 0.3) is 11.1 Å². The number of ether oxygens (including phenoxy) is 2. The number of hydrogen-bond acceptors (Lipinski definition) is 6. The van der Waals surface area contributed by atoms with Gasteiger partial charge in [-0.2, -0.15) is 0 Å². The van der Waals surface area contributed by atoms with Crippen LogP contribution in [0.1, 0.15) is 42.6 Å². The molecule has 1 N–H and O–H groups in total. The van der Waals surface area contributed by atoms with E-state index in [1.165, 1.54) is 0 Å². The van der Waals surface area contributed by atoms with Crippen molar-refractivity contribution in [3.8, 4) is 17.0 Å². The standard InChI is InChI=1S/C28H39N3O4/c1-19-7-5-6-8-24(19)23-13-25-27(29-14-23)35-26(17-30(4)16-22-9-11-34-12-10-22)20(2)15-31(28(25)33)21(3)18-32/h5-8,13-14,20-22,26,32H,9-12,15-18H2,1-4H3/t20-,21+,26-/m0/s1. The predicted molar refractivity (Wildman–Crippen MR) is 137 cm³/mol. The third-order valence-corrected chi connectivity index (χ3v) is 7.38. The van der Waals surface area contributed by atoms with Crippen molar-refractivity contribution in [3.63, 3.8) is 0 Å². The molecule has 7 nitrogen and oxygen atoms in total. The molecular formula is C28H39N3O4. The number of amides is 1. The summed E-state index contributed by atoms with van der Waals surface area (Å²) in [6.07, 6.45) is 3.85. The number of aromatic nitrogens is 1. The number of carbonyl (C=O) groups excluding carboxylic acids is 1. The summed E-state index contributed by atoms with van der Waals surface area (Å²) in [6, 6.07) is 9.68. The minimum atomic E-state index is -0.293. The lowest BCUT2D eigenvalue weighted by atomic mass is 9.97. The van der Waals surface area contributed by atoms with Crippen LogP contribution in [0.3, 0.4) is 0 Å². The molecule has 190 valence electrons. The van der Waals surface area contributed by atoms with Crippen LogP contribution in [0, 0.1) is 18.8 Å². The first kappa shape index (κ1) is 25.6. The highest BCUT2D eigenvalue weighted by Crippen LogP contribution is 2.31. The van der Waals surface area contributed by atoms with Gasteiger partial charge in [-0.3, -0.25) is 4.79 Å². The Kier molecular flexibility index (Phi) is 8.42. The second kappa shape index (κ2) is 11.5. The molecule has 4 rings (SSSR count). The Bertz CT molecular complexity index is 1010. The van der Waals surface area contributed by atoms with Crippen molar-refractivity contribution in [1.82, 2.24) is 14.8 Å². The molecule has 2 aliphatic rings. The predicted octanol–water partition coefficient (Wildman–Crippen LogP) is 3.64. The first-order valence-corrected chi connectivity index (χ1v) is 12.8. The lowest BCUT2D eigenvalue weighted by molar-refractivity contribution is 0.0254. The van der Waals surface area contributed by atoms with Gasteiger partial charge in [-0.25, -0.2) is 4.98 Å². The summed E-state index contributed by atoms with van der Waals surface area (Å²) < 4.78 is 12.0. The second-order valence-corrected chi connectivity index (χ2v) is 10.3. The topological polar surface area (TPSA) is 75.1 Å². The van der Waals surface area contributed by atoms with Gasteiger partial charge in [-0.15, -0.1) is 0 Å². The molecule has 0 radical (unpaired) electrons. The minimum absolute atomic E-state index is 0.0797. The van der Waals surface area contributed by atoms with E-state index in [9.17, 15) is 9.90 Å². The van der Waals surface area contributed by atoms with E-state index in [0.717, 1.165) is 55.8 Å². The van der Waals surface area contributed by atoms with Crippen molar-refractivity contribution in [2.24, 2.45) is 11.8 Å². The van der Waals surface area contributed by atoms with Gasteiger partial charge in [0.25, 0.3) is 5.91 Å². The largest absolute Gasteiger partial charge is 0.472 e. The van der Waals surface area contributed by atoms with Crippen LogP contribution in [0.15, 0.2) is 36.5 Å². The van der Waals surface area contributed by atoms with Gasteiger partial charge >= 0.3 is 0 Å². The van der Waals surface area contributed by atoms with Crippen LogP contribution in [0.2, 0.25) is 0 Å². The average Bonchev–Trinajstić information content (AvgIpc) is 2.86. The van der Waals surface area contributed by atoms with Crippen LogP contribution < -0.4 is 4.74 Å². The van der Waals surface area contributed by atoms with Gasteiger partial charge in [-0.1, -0.05) is 31.2 Å². The zero-order chi connectivity index (χ0) is 24.9. The molecule has 1 aromatic heterocycles. The van der Waals surface area contributed by atoms with Crippen LogP contribution in [0.4, 0.5) is 0 Å². The maximum atomic E-state index is 13.7. The molecule has 1 fully saturated rings. The van der Waals surface area contributed by atoms with Gasteiger partial charge < -0.3 is 24.4 Å². The van der Waals surface area contributed by atoms with Crippen molar-refractivity contribution in [2.75, 3.05) is 46.5 Å². The number of carbonyl (C=O) groups is 1. The molecule has 2 aromatic rings. The van der Waals surface area contributed by atoms with Gasteiger partial charge in [-0.05, 0) is 56.8 Å². The number of aryl methyl sites for hydroxylation is 1. The highest BCUT2D eigenvalue weighted by Gasteiger charge is 2.34. The van der Waals surface area contributed by atoms with Crippen molar-refractivity contribution in [3.05, 3.63) is 47.7 Å². The summed E-state index contributed by atoms with van der Waals surface area (Å²) in [5, 5.41) is 9.90. The zero-order valence-electron chi connectivity index (χ0n) is 21.4. The lowest BCUT2D eigenvalue weighted by Crippen LogP contribution is -2.50. The number of fused-ring (bicyclic) bond motifs is 1. The molecular weight excluding hydrogens is 442 g/mol. The number of hydrogen-bond donors (Lipinski definition) is 1. The second-order valence-electron chi connectivity index (χ2n) is 10.3. The molecule has 0 saturated carbocycles. The fourth-order valence-electron chi connectivity index (χ4n) is 5.12. The molecule has 0 spiro atoms. The Morgan fingerprint density at radius 3 is 2.66 bits per heavy atom.